The third kappa shape index (κ3) is 2.38. The molecule has 2 unspecified atom stereocenters. The summed E-state index contributed by atoms with van der Waals surface area (Å²) in [4.78, 5) is 53.4. The molecule has 2 aromatic carbocycles. The predicted octanol–water partition coefficient (Wildman–Crippen LogP) is 2.39. The summed E-state index contributed by atoms with van der Waals surface area (Å²) in [7, 11) is 0. The Morgan fingerprint density at radius 3 is 2.60 bits per heavy atom. The molecule has 3 heterocycles. The number of hydrogen-bond acceptors (Lipinski definition) is 6. The van der Waals surface area contributed by atoms with Crippen molar-refractivity contribution in [2.75, 3.05) is 16.3 Å². The molecule has 4 amide bonds. The number of imide groups is 2. The molecular formula is C21H18N4O5. The van der Waals surface area contributed by atoms with Gasteiger partial charge in [0.05, 0.1) is 16.7 Å². The number of nitro groups is 1. The summed E-state index contributed by atoms with van der Waals surface area (Å²) in [6.45, 7) is 0.636. The molecule has 3 aliphatic rings. The zero-order valence-corrected chi connectivity index (χ0v) is 15.9. The molecular weight excluding hydrogens is 388 g/mol. The van der Waals surface area contributed by atoms with Crippen LogP contribution in [0.4, 0.5) is 21.9 Å². The molecule has 2 fully saturated rings. The molecule has 152 valence electrons. The number of nitrogens with zero attached hydrogens (tertiary/aromatic N) is 3. The first-order valence-corrected chi connectivity index (χ1v) is 9.72. The number of carbonyl (C=O) groups is 3. The number of rotatable bonds is 2. The largest absolute Gasteiger partial charge is 0.367 e. The minimum atomic E-state index is -1.53. The fourth-order valence-electron chi connectivity index (χ4n) is 5.01. The van der Waals surface area contributed by atoms with Gasteiger partial charge in [0.2, 0.25) is 5.91 Å². The summed E-state index contributed by atoms with van der Waals surface area (Å²) >= 11 is 0. The first-order chi connectivity index (χ1) is 14.4. The van der Waals surface area contributed by atoms with Gasteiger partial charge in [0.25, 0.3) is 11.6 Å². The Labute approximate surface area is 171 Å². The van der Waals surface area contributed by atoms with Gasteiger partial charge in [-0.25, -0.2) is 9.69 Å². The molecule has 1 spiro atoms. The van der Waals surface area contributed by atoms with E-state index in [1.165, 1.54) is 12.1 Å². The van der Waals surface area contributed by atoms with Crippen LogP contribution in [0.2, 0.25) is 0 Å². The number of amides is 4. The number of nitrogens with one attached hydrogen (secondary N) is 1. The van der Waals surface area contributed by atoms with Gasteiger partial charge in [-0.15, -0.1) is 0 Å². The standard InChI is InChI=1S/C21H18N4O5/c26-18-21(19(27)24(20(28)22-18)14-5-2-1-3-6-14)12-13-11-15(25(29)30)8-9-16(13)23-10-4-7-17(21)23/h1-3,5-6,8-9,11,17H,4,7,10,12H2,(H,22,26,28). The summed E-state index contributed by atoms with van der Waals surface area (Å²) in [5, 5.41) is 13.7. The molecule has 0 aromatic heterocycles. The van der Waals surface area contributed by atoms with Gasteiger partial charge >= 0.3 is 6.03 Å². The predicted molar refractivity (Wildman–Crippen MR) is 107 cm³/mol. The van der Waals surface area contributed by atoms with Crippen molar-refractivity contribution in [3.8, 4) is 0 Å². The first kappa shape index (κ1) is 18.3. The van der Waals surface area contributed by atoms with Gasteiger partial charge in [-0.2, -0.15) is 0 Å². The molecule has 0 bridgehead atoms. The SMILES string of the molecule is O=C1NC(=O)C2(Cc3cc([N+](=O)[O-])ccc3N3CCCC32)C(=O)N1c1ccccc1. The number of hydrogen-bond donors (Lipinski definition) is 1. The maximum Gasteiger partial charge on any atom is 0.335 e. The number of para-hydroxylation sites is 1. The van der Waals surface area contributed by atoms with Crippen molar-refractivity contribution in [3.05, 3.63) is 64.2 Å². The van der Waals surface area contributed by atoms with E-state index in [2.05, 4.69) is 5.32 Å². The lowest BCUT2D eigenvalue weighted by molar-refractivity contribution is -0.384. The second-order valence-electron chi connectivity index (χ2n) is 7.81. The van der Waals surface area contributed by atoms with E-state index >= 15 is 0 Å². The van der Waals surface area contributed by atoms with E-state index in [-0.39, 0.29) is 12.1 Å². The number of non-ortho nitro benzene ring substituents is 1. The molecule has 2 saturated heterocycles. The molecule has 0 radical (unpaired) electrons. The quantitative estimate of drug-likeness (QED) is 0.465. The molecule has 9 heteroatoms. The number of urea groups is 1. The Balaban J connectivity index is 1.67. The molecule has 2 aromatic rings. The Kier molecular flexibility index (Phi) is 3.89. The average Bonchev–Trinajstić information content (AvgIpc) is 3.23. The molecule has 0 aliphatic carbocycles. The van der Waals surface area contributed by atoms with Crippen molar-refractivity contribution in [2.45, 2.75) is 25.3 Å². The van der Waals surface area contributed by atoms with Crippen molar-refractivity contribution in [1.82, 2.24) is 5.32 Å². The summed E-state index contributed by atoms with van der Waals surface area (Å²) in [5.41, 5.74) is 0.121. The van der Waals surface area contributed by atoms with Crippen molar-refractivity contribution < 1.29 is 19.3 Å². The van der Waals surface area contributed by atoms with Crippen LogP contribution in [0.1, 0.15) is 18.4 Å². The van der Waals surface area contributed by atoms with E-state index < -0.39 is 34.2 Å². The Morgan fingerprint density at radius 2 is 1.87 bits per heavy atom. The van der Waals surface area contributed by atoms with Crippen LogP contribution >= 0.6 is 0 Å². The van der Waals surface area contributed by atoms with Crippen LogP contribution < -0.4 is 15.1 Å². The van der Waals surface area contributed by atoms with Gasteiger partial charge < -0.3 is 4.90 Å². The van der Waals surface area contributed by atoms with Crippen molar-refractivity contribution in [3.63, 3.8) is 0 Å². The van der Waals surface area contributed by atoms with E-state index in [1.807, 2.05) is 4.90 Å². The van der Waals surface area contributed by atoms with Crippen LogP contribution in [-0.2, 0) is 16.0 Å². The van der Waals surface area contributed by atoms with Crippen molar-refractivity contribution >= 4 is 34.9 Å². The zero-order chi connectivity index (χ0) is 21.0. The highest BCUT2D eigenvalue weighted by Crippen LogP contribution is 2.49. The van der Waals surface area contributed by atoms with Crippen molar-refractivity contribution in [1.29, 1.82) is 0 Å². The van der Waals surface area contributed by atoms with E-state index in [9.17, 15) is 24.5 Å². The maximum absolute atomic E-state index is 13.8. The fourth-order valence-corrected chi connectivity index (χ4v) is 5.01. The maximum atomic E-state index is 13.8. The van der Waals surface area contributed by atoms with Gasteiger partial charge in [-0.1, -0.05) is 18.2 Å². The van der Waals surface area contributed by atoms with Gasteiger partial charge in [0.1, 0.15) is 0 Å². The summed E-state index contributed by atoms with van der Waals surface area (Å²) in [6, 6.07) is 11.8. The minimum Gasteiger partial charge on any atom is -0.367 e. The monoisotopic (exact) mass is 406 g/mol. The lowest BCUT2D eigenvalue weighted by atomic mass is 9.68. The number of benzene rings is 2. The summed E-state index contributed by atoms with van der Waals surface area (Å²) in [5.74, 6) is -1.23. The lowest BCUT2D eigenvalue weighted by Gasteiger charge is -2.49. The normalized spacial score (nSPS) is 25.2. The smallest absolute Gasteiger partial charge is 0.335 e. The molecule has 2 atom stereocenters. The molecule has 5 rings (SSSR count). The number of nitro benzene ring substituents is 1. The average molecular weight is 406 g/mol. The van der Waals surface area contributed by atoms with Crippen molar-refractivity contribution in [2.24, 2.45) is 5.41 Å². The third-order valence-corrected chi connectivity index (χ3v) is 6.30. The summed E-state index contributed by atoms with van der Waals surface area (Å²) in [6.07, 6.45) is 1.40. The number of barbiturate groups is 1. The summed E-state index contributed by atoms with van der Waals surface area (Å²) < 4.78 is 0. The highest BCUT2D eigenvalue weighted by atomic mass is 16.6. The molecule has 9 nitrogen and oxygen atoms in total. The second-order valence-corrected chi connectivity index (χ2v) is 7.81. The highest BCUT2D eigenvalue weighted by molar-refractivity contribution is 6.30. The van der Waals surface area contributed by atoms with Crippen LogP contribution in [-0.4, -0.2) is 35.4 Å². The van der Waals surface area contributed by atoms with Crippen LogP contribution in [0.15, 0.2) is 48.5 Å². The minimum absolute atomic E-state index is 0.00641. The Morgan fingerprint density at radius 1 is 1.10 bits per heavy atom. The van der Waals surface area contributed by atoms with Crippen LogP contribution in [0.3, 0.4) is 0 Å². The molecule has 1 N–H and O–H groups in total. The topological polar surface area (TPSA) is 113 Å². The van der Waals surface area contributed by atoms with Gasteiger partial charge in [-0.05, 0) is 36.6 Å². The third-order valence-electron chi connectivity index (χ3n) is 6.30. The molecule has 30 heavy (non-hydrogen) atoms. The van der Waals surface area contributed by atoms with Gasteiger partial charge in [-0.3, -0.25) is 25.0 Å². The first-order valence-electron chi connectivity index (χ1n) is 9.72. The second kappa shape index (κ2) is 6.38. The zero-order valence-electron chi connectivity index (χ0n) is 15.9. The fraction of sp³-hybridized carbons (Fsp3) is 0.286. The van der Waals surface area contributed by atoms with Gasteiger partial charge in [0, 0.05) is 30.8 Å². The van der Waals surface area contributed by atoms with E-state index in [0.29, 0.717) is 24.2 Å². The Bertz CT molecular complexity index is 1100. The van der Waals surface area contributed by atoms with Crippen LogP contribution in [0.5, 0.6) is 0 Å². The van der Waals surface area contributed by atoms with E-state index in [1.54, 1.807) is 36.4 Å². The molecule has 0 saturated carbocycles. The number of anilines is 2. The van der Waals surface area contributed by atoms with Crippen LogP contribution in [0.25, 0.3) is 0 Å². The van der Waals surface area contributed by atoms with E-state index in [0.717, 1.165) is 17.0 Å². The Hall–Kier alpha value is -3.75. The van der Waals surface area contributed by atoms with E-state index in [4.69, 9.17) is 0 Å². The molecule has 3 aliphatic heterocycles. The van der Waals surface area contributed by atoms with Crippen LogP contribution in [0, 0.1) is 15.5 Å². The lowest BCUT2D eigenvalue weighted by Crippen LogP contribution is -2.71. The highest BCUT2D eigenvalue weighted by Gasteiger charge is 2.63. The van der Waals surface area contributed by atoms with Gasteiger partial charge in [0.15, 0.2) is 5.41 Å². The number of fused-ring (bicyclic) bond motifs is 4. The number of carbonyl (C=O) groups excluding carboxylic acids is 3.